The number of carbonyl (C=O) groups excluding carboxylic acids is 1. The van der Waals surface area contributed by atoms with Gasteiger partial charge in [-0.15, -0.1) is 0 Å². The Bertz CT molecular complexity index is 982. The molecule has 0 atom stereocenters. The average molecular weight is 379 g/mol. The maximum absolute atomic E-state index is 11.7. The summed E-state index contributed by atoms with van der Waals surface area (Å²) in [5, 5.41) is 3.29. The number of hydrogen-bond acceptors (Lipinski definition) is 5. The fourth-order valence-electron chi connectivity index (χ4n) is 2.91. The highest BCUT2D eigenvalue weighted by Crippen LogP contribution is 2.31. The van der Waals surface area contributed by atoms with Crippen molar-refractivity contribution in [3.8, 4) is 11.4 Å². The van der Waals surface area contributed by atoms with Crippen LogP contribution in [-0.2, 0) is 4.79 Å². The lowest BCUT2D eigenvalue weighted by Gasteiger charge is -2.23. The van der Waals surface area contributed by atoms with Crippen LogP contribution in [0.1, 0.15) is 26.0 Å². The van der Waals surface area contributed by atoms with Gasteiger partial charge in [-0.25, -0.2) is 9.98 Å². The summed E-state index contributed by atoms with van der Waals surface area (Å²) < 4.78 is 7.46. The third kappa shape index (κ3) is 3.98. The van der Waals surface area contributed by atoms with Gasteiger partial charge in [0.05, 0.1) is 30.2 Å². The minimum absolute atomic E-state index is 0.355. The number of aliphatic imine (C=N–C) groups is 1. The number of allylic oxidation sites excluding steroid dienone is 2. The van der Waals surface area contributed by atoms with Crippen LogP contribution in [0.5, 0.6) is 5.75 Å². The molecule has 0 fully saturated rings. The molecule has 3 N–H and O–H groups in total. The summed E-state index contributed by atoms with van der Waals surface area (Å²) in [4.78, 5) is 20.4. The van der Waals surface area contributed by atoms with Crippen molar-refractivity contribution < 1.29 is 9.53 Å². The van der Waals surface area contributed by atoms with Crippen molar-refractivity contribution in [2.45, 2.75) is 27.2 Å². The average Bonchev–Trinajstić information content (AvgIpc) is 2.95. The second-order valence-corrected chi connectivity index (χ2v) is 7.19. The fraction of sp³-hybridized carbons (Fsp3) is 0.286. The van der Waals surface area contributed by atoms with Gasteiger partial charge < -0.3 is 20.4 Å². The van der Waals surface area contributed by atoms with Gasteiger partial charge in [0.2, 0.25) is 5.91 Å². The predicted octanol–water partition coefficient (Wildman–Crippen LogP) is 3.36. The highest BCUT2D eigenvalue weighted by molar-refractivity contribution is 5.86. The minimum Gasteiger partial charge on any atom is -0.494 e. The van der Waals surface area contributed by atoms with Crippen LogP contribution in [0.2, 0.25) is 0 Å². The molecule has 1 amide bonds. The molecule has 2 aromatic rings. The van der Waals surface area contributed by atoms with E-state index in [9.17, 15) is 4.79 Å². The summed E-state index contributed by atoms with van der Waals surface area (Å²) in [6.07, 6.45) is 9.76. The number of benzene rings is 1. The minimum atomic E-state index is -0.716. The number of nitrogens with one attached hydrogen (secondary N) is 1. The van der Waals surface area contributed by atoms with Crippen molar-refractivity contribution in [2.24, 2.45) is 16.1 Å². The van der Waals surface area contributed by atoms with E-state index in [0.29, 0.717) is 18.0 Å². The Kier molecular flexibility index (Phi) is 5.35. The fourth-order valence-corrected chi connectivity index (χ4v) is 2.91. The Morgan fingerprint density at radius 2 is 2.14 bits per heavy atom. The Labute approximate surface area is 164 Å². The number of primary amides is 1. The molecule has 0 saturated heterocycles. The van der Waals surface area contributed by atoms with Crippen molar-refractivity contribution in [2.75, 3.05) is 12.4 Å². The molecule has 1 aromatic carbocycles. The number of anilines is 1. The first kappa shape index (κ1) is 19.4. The summed E-state index contributed by atoms with van der Waals surface area (Å²) >= 11 is 0. The molecule has 28 heavy (non-hydrogen) atoms. The van der Waals surface area contributed by atoms with Crippen molar-refractivity contribution in [1.82, 2.24) is 9.55 Å². The van der Waals surface area contributed by atoms with Crippen molar-refractivity contribution in [3.63, 3.8) is 0 Å². The number of hydrogen-bond donors (Lipinski definition) is 2. The third-order valence-electron chi connectivity index (χ3n) is 4.87. The molecule has 7 nitrogen and oxygen atoms in total. The molecule has 3 rings (SSSR count). The first-order valence-electron chi connectivity index (χ1n) is 9.01. The zero-order chi connectivity index (χ0) is 20.3. The zero-order valence-corrected chi connectivity index (χ0v) is 16.6. The first-order valence-corrected chi connectivity index (χ1v) is 9.01. The van der Waals surface area contributed by atoms with Gasteiger partial charge in [-0.2, -0.15) is 0 Å². The molecule has 0 saturated carbocycles. The lowest BCUT2D eigenvalue weighted by atomic mass is 9.81. The van der Waals surface area contributed by atoms with Crippen LogP contribution in [0.3, 0.4) is 0 Å². The first-order chi connectivity index (χ1) is 13.3. The van der Waals surface area contributed by atoms with E-state index in [4.69, 9.17) is 10.5 Å². The Morgan fingerprint density at radius 1 is 1.36 bits per heavy atom. The molecule has 0 bridgehead atoms. The summed E-state index contributed by atoms with van der Waals surface area (Å²) in [5.74, 6) is 1.06. The summed E-state index contributed by atoms with van der Waals surface area (Å²) in [5.41, 5.74) is 8.41. The summed E-state index contributed by atoms with van der Waals surface area (Å²) in [6, 6.07) is 5.83. The van der Waals surface area contributed by atoms with Crippen LogP contribution < -0.4 is 15.8 Å². The van der Waals surface area contributed by atoms with Crippen LogP contribution in [0.4, 0.5) is 5.69 Å². The van der Waals surface area contributed by atoms with Crippen LogP contribution in [0.15, 0.2) is 59.3 Å². The van der Waals surface area contributed by atoms with E-state index in [1.54, 1.807) is 19.7 Å². The molecule has 0 unspecified atom stereocenters. The van der Waals surface area contributed by atoms with Crippen LogP contribution in [0, 0.1) is 12.3 Å². The molecule has 7 heteroatoms. The zero-order valence-electron chi connectivity index (χ0n) is 16.6. The molecular weight excluding hydrogens is 354 g/mol. The van der Waals surface area contributed by atoms with E-state index in [0.717, 1.165) is 22.6 Å². The highest BCUT2D eigenvalue weighted by Gasteiger charge is 2.29. The number of nitrogens with zero attached hydrogens (tertiary/aromatic N) is 3. The van der Waals surface area contributed by atoms with E-state index in [1.165, 1.54) is 0 Å². The van der Waals surface area contributed by atoms with Crippen molar-refractivity contribution in [3.05, 3.63) is 60.0 Å². The van der Waals surface area contributed by atoms with Gasteiger partial charge in [0.15, 0.2) is 0 Å². The number of aryl methyl sites for hydroxylation is 1. The molecule has 0 radical (unpaired) electrons. The van der Waals surface area contributed by atoms with E-state index in [2.05, 4.69) is 15.3 Å². The van der Waals surface area contributed by atoms with Crippen LogP contribution in [0.25, 0.3) is 5.69 Å². The Balaban J connectivity index is 1.79. The van der Waals surface area contributed by atoms with E-state index < -0.39 is 5.41 Å². The van der Waals surface area contributed by atoms with Crippen molar-refractivity contribution in [1.29, 1.82) is 0 Å². The monoisotopic (exact) mass is 379 g/mol. The van der Waals surface area contributed by atoms with Gasteiger partial charge in [0.1, 0.15) is 11.6 Å². The number of carbonyl (C=O) groups is 1. The van der Waals surface area contributed by atoms with Gasteiger partial charge >= 0.3 is 0 Å². The Hall–Kier alpha value is -3.35. The largest absolute Gasteiger partial charge is 0.494 e. The SMILES string of the molecule is COc1cc(NC2=CCC(C(C)(C)C(N)=O)=CC=N2)ccc1-n1cnc(C)c1. The maximum Gasteiger partial charge on any atom is 0.227 e. The quantitative estimate of drug-likeness (QED) is 0.805. The summed E-state index contributed by atoms with van der Waals surface area (Å²) in [7, 11) is 1.64. The van der Waals surface area contributed by atoms with E-state index in [-0.39, 0.29) is 5.91 Å². The lowest BCUT2D eigenvalue weighted by Crippen LogP contribution is -2.33. The van der Waals surface area contributed by atoms with Gasteiger partial charge in [-0.3, -0.25) is 4.79 Å². The van der Waals surface area contributed by atoms with Crippen LogP contribution in [-0.4, -0.2) is 28.8 Å². The topological polar surface area (TPSA) is 94.5 Å². The second kappa shape index (κ2) is 7.72. The van der Waals surface area contributed by atoms with E-state index >= 15 is 0 Å². The number of ether oxygens (including phenoxy) is 1. The third-order valence-corrected chi connectivity index (χ3v) is 4.87. The predicted molar refractivity (Wildman–Crippen MR) is 111 cm³/mol. The van der Waals surface area contributed by atoms with Gasteiger partial charge in [0.25, 0.3) is 0 Å². The molecule has 1 aliphatic heterocycles. The number of amides is 1. The highest BCUT2D eigenvalue weighted by atomic mass is 16.5. The summed E-state index contributed by atoms with van der Waals surface area (Å²) in [6.45, 7) is 5.59. The molecule has 0 spiro atoms. The number of aromatic nitrogens is 2. The van der Waals surface area contributed by atoms with Crippen LogP contribution >= 0.6 is 0 Å². The smallest absolute Gasteiger partial charge is 0.227 e. The number of rotatable bonds is 6. The molecule has 1 aromatic heterocycles. The molecular formula is C21H25N5O2. The molecule has 2 heterocycles. The molecule has 1 aliphatic rings. The van der Waals surface area contributed by atoms with Crippen molar-refractivity contribution >= 4 is 17.8 Å². The van der Waals surface area contributed by atoms with Gasteiger partial charge in [-0.05, 0) is 57.0 Å². The number of nitrogens with two attached hydrogens (primary N) is 1. The number of methoxy groups -OCH3 is 1. The molecule has 146 valence electrons. The second-order valence-electron chi connectivity index (χ2n) is 7.19. The normalized spacial score (nSPS) is 14.1. The lowest BCUT2D eigenvalue weighted by molar-refractivity contribution is -0.124. The van der Waals surface area contributed by atoms with E-state index in [1.807, 2.05) is 61.9 Å². The van der Waals surface area contributed by atoms with Gasteiger partial charge in [-0.1, -0.05) is 0 Å². The maximum atomic E-state index is 11.7. The Morgan fingerprint density at radius 3 is 2.79 bits per heavy atom. The standard InChI is InChI=1S/C21H25N5O2/c1-14-12-26(13-24-14)17-7-6-16(11-18(17)28-4)25-19-8-5-15(9-10-23-19)21(2,3)20(22)27/h6-13,25H,5H2,1-4H3,(H2,22,27). The number of imidazole rings is 1. The van der Waals surface area contributed by atoms with Gasteiger partial charge in [0, 0.05) is 24.2 Å². The molecule has 0 aliphatic carbocycles.